The summed E-state index contributed by atoms with van der Waals surface area (Å²) in [4.78, 5) is 1.97. The van der Waals surface area contributed by atoms with Crippen LogP contribution >= 0.6 is 0 Å². The molecule has 0 aliphatic carbocycles. The van der Waals surface area contributed by atoms with Crippen molar-refractivity contribution < 1.29 is 5.11 Å². The Balaban J connectivity index is 2.80. The molecular weight excluding hydrogens is 162 g/mol. The van der Waals surface area contributed by atoms with Crippen molar-refractivity contribution in [2.24, 2.45) is 5.92 Å². The molecule has 1 aliphatic rings. The Morgan fingerprint density at radius 2 is 1.92 bits per heavy atom. The molecule has 74 valence electrons. The maximum absolute atomic E-state index is 9.63. The molecule has 1 unspecified atom stereocenters. The van der Waals surface area contributed by atoms with Crippen LogP contribution in [0.3, 0.4) is 0 Å². The molecule has 0 aromatic rings. The second-order valence-electron chi connectivity index (χ2n) is 4.10. The molecule has 0 aromatic carbocycles. The molecule has 1 N–H and O–H groups in total. The number of aliphatic hydroxyl groups excluding tert-OH is 1. The normalized spacial score (nSPS) is 22.8. The monoisotopic (exact) mass is 181 g/mol. The highest BCUT2D eigenvalue weighted by Crippen LogP contribution is 2.20. The molecule has 1 heterocycles. The molecule has 0 amide bonds. The van der Waals surface area contributed by atoms with E-state index in [0.29, 0.717) is 12.0 Å². The highest BCUT2D eigenvalue weighted by atomic mass is 16.3. The number of aliphatic hydroxyl groups is 1. The molecule has 1 rings (SSSR count). The number of hydrogen-bond donors (Lipinski definition) is 1. The van der Waals surface area contributed by atoms with E-state index in [1.165, 1.54) is 5.57 Å². The van der Waals surface area contributed by atoms with Gasteiger partial charge in [0.05, 0.1) is 0 Å². The van der Waals surface area contributed by atoms with E-state index in [-0.39, 0.29) is 0 Å². The fraction of sp³-hybridized carbons (Fsp3) is 0.636. The van der Waals surface area contributed by atoms with Gasteiger partial charge in [0.2, 0.25) is 0 Å². The van der Waals surface area contributed by atoms with E-state index >= 15 is 0 Å². The lowest BCUT2D eigenvalue weighted by Crippen LogP contribution is -2.36. The van der Waals surface area contributed by atoms with Crippen LogP contribution in [0.5, 0.6) is 0 Å². The van der Waals surface area contributed by atoms with E-state index in [0.717, 1.165) is 0 Å². The lowest BCUT2D eigenvalue weighted by atomic mass is 10.0. The molecule has 0 radical (unpaired) electrons. The average Bonchev–Trinajstić information content (AvgIpc) is 2.04. The van der Waals surface area contributed by atoms with Crippen molar-refractivity contribution in [1.29, 1.82) is 0 Å². The Kier molecular flexibility index (Phi) is 3.15. The van der Waals surface area contributed by atoms with Crippen molar-refractivity contribution >= 4 is 0 Å². The zero-order valence-corrected chi connectivity index (χ0v) is 8.86. The van der Waals surface area contributed by atoms with Crippen LogP contribution in [0.25, 0.3) is 0 Å². The summed E-state index contributed by atoms with van der Waals surface area (Å²) in [6.45, 7) is 8.48. The van der Waals surface area contributed by atoms with Gasteiger partial charge >= 0.3 is 0 Å². The third kappa shape index (κ3) is 2.34. The minimum Gasteiger partial charge on any atom is -0.370 e. The number of hydrogen-bond acceptors (Lipinski definition) is 2. The zero-order valence-electron chi connectivity index (χ0n) is 8.86. The van der Waals surface area contributed by atoms with E-state index in [1.807, 2.05) is 17.1 Å². The lowest BCUT2D eigenvalue weighted by molar-refractivity contribution is 0.0552. The van der Waals surface area contributed by atoms with Crippen molar-refractivity contribution in [3.63, 3.8) is 0 Å². The summed E-state index contributed by atoms with van der Waals surface area (Å²) in [7, 11) is 0. The smallest absolute Gasteiger partial charge is 0.146 e. The van der Waals surface area contributed by atoms with Crippen molar-refractivity contribution in [2.75, 3.05) is 0 Å². The van der Waals surface area contributed by atoms with Crippen LogP contribution in [0, 0.1) is 5.92 Å². The summed E-state index contributed by atoms with van der Waals surface area (Å²) in [6.07, 6.45) is 5.45. The average molecular weight is 181 g/mol. The van der Waals surface area contributed by atoms with Crippen LogP contribution in [0.2, 0.25) is 0 Å². The first-order valence-electron chi connectivity index (χ1n) is 4.87. The topological polar surface area (TPSA) is 23.5 Å². The SMILES string of the molecule is CC(C)C1=CN(C(C)C)C(O)C=C1. The highest BCUT2D eigenvalue weighted by molar-refractivity contribution is 5.25. The van der Waals surface area contributed by atoms with Crippen LogP contribution in [-0.2, 0) is 0 Å². The fourth-order valence-electron chi connectivity index (χ4n) is 1.38. The van der Waals surface area contributed by atoms with E-state index in [9.17, 15) is 5.11 Å². The van der Waals surface area contributed by atoms with Crippen LogP contribution in [0.15, 0.2) is 23.9 Å². The Labute approximate surface area is 80.6 Å². The maximum Gasteiger partial charge on any atom is 0.146 e. The van der Waals surface area contributed by atoms with Crippen LogP contribution < -0.4 is 0 Å². The summed E-state index contributed by atoms with van der Waals surface area (Å²) in [5.74, 6) is 0.519. The molecule has 1 aliphatic heterocycles. The first-order chi connectivity index (χ1) is 6.02. The summed E-state index contributed by atoms with van der Waals surface area (Å²) in [5.41, 5.74) is 1.28. The first-order valence-corrected chi connectivity index (χ1v) is 4.87. The third-order valence-corrected chi connectivity index (χ3v) is 2.33. The molecule has 0 saturated heterocycles. The van der Waals surface area contributed by atoms with E-state index < -0.39 is 6.23 Å². The van der Waals surface area contributed by atoms with Gasteiger partial charge in [-0.1, -0.05) is 19.9 Å². The van der Waals surface area contributed by atoms with Crippen LogP contribution in [0.4, 0.5) is 0 Å². The van der Waals surface area contributed by atoms with E-state index in [2.05, 4.69) is 33.9 Å². The van der Waals surface area contributed by atoms with Crippen molar-refractivity contribution in [3.05, 3.63) is 23.9 Å². The molecule has 0 spiro atoms. The molecule has 0 fully saturated rings. The molecule has 1 atom stereocenters. The first kappa shape index (κ1) is 10.3. The minimum atomic E-state index is -0.456. The second kappa shape index (κ2) is 3.97. The minimum absolute atomic E-state index is 0.341. The number of allylic oxidation sites excluding steroid dienone is 2. The van der Waals surface area contributed by atoms with Gasteiger partial charge in [0.25, 0.3) is 0 Å². The maximum atomic E-state index is 9.63. The van der Waals surface area contributed by atoms with Gasteiger partial charge in [0, 0.05) is 12.2 Å². The van der Waals surface area contributed by atoms with Gasteiger partial charge in [-0.05, 0) is 31.4 Å². The predicted octanol–water partition coefficient (Wildman–Crippen LogP) is 2.12. The van der Waals surface area contributed by atoms with Gasteiger partial charge in [-0.15, -0.1) is 0 Å². The standard InChI is InChI=1S/C11H19NO/c1-8(2)10-5-6-11(13)12(7-10)9(3)4/h5-9,11,13H,1-4H3. The van der Waals surface area contributed by atoms with E-state index in [1.54, 1.807) is 0 Å². The lowest BCUT2D eigenvalue weighted by Gasteiger charge is -2.32. The Morgan fingerprint density at radius 3 is 2.38 bits per heavy atom. The van der Waals surface area contributed by atoms with Gasteiger partial charge in [-0.2, -0.15) is 0 Å². The van der Waals surface area contributed by atoms with Gasteiger partial charge in [0.1, 0.15) is 6.23 Å². The van der Waals surface area contributed by atoms with Gasteiger partial charge in [0.15, 0.2) is 0 Å². The van der Waals surface area contributed by atoms with Crippen molar-refractivity contribution in [3.8, 4) is 0 Å². The third-order valence-electron chi connectivity index (χ3n) is 2.33. The molecular formula is C11H19NO. The summed E-state index contributed by atoms with van der Waals surface area (Å²) < 4.78 is 0. The molecule has 0 saturated carbocycles. The summed E-state index contributed by atoms with van der Waals surface area (Å²) in [6, 6.07) is 0.341. The van der Waals surface area contributed by atoms with Crippen LogP contribution in [0.1, 0.15) is 27.7 Å². The van der Waals surface area contributed by atoms with E-state index in [4.69, 9.17) is 0 Å². The molecule has 0 bridgehead atoms. The highest BCUT2D eigenvalue weighted by Gasteiger charge is 2.17. The van der Waals surface area contributed by atoms with Crippen molar-refractivity contribution in [1.82, 2.24) is 4.90 Å². The number of rotatable bonds is 2. The fourth-order valence-corrected chi connectivity index (χ4v) is 1.38. The predicted molar refractivity (Wildman–Crippen MR) is 55.0 cm³/mol. The molecule has 0 aromatic heterocycles. The zero-order chi connectivity index (χ0) is 10.0. The van der Waals surface area contributed by atoms with Crippen LogP contribution in [-0.4, -0.2) is 22.3 Å². The number of nitrogens with zero attached hydrogens (tertiary/aromatic N) is 1. The van der Waals surface area contributed by atoms with Gasteiger partial charge in [-0.3, -0.25) is 0 Å². The Morgan fingerprint density at radius 1 is 1.31 bits per heavy atom. The van der Waals surface area contributed by atoms with Gasteiger partial charge < -0.3 is 10.0 Å². The molecule has 13 heavy (non-hydrogen) atoms. The Hall–Kier alpha value is -0.760. The molecule has 2 heteroatoms. The van der Waals surface area contributed by atoms with Gasteiger partial charge in [-0.25, -0.2) is 0 Å². The molecule has 2 nitrogen and oxygen atoms in total. The largest absolute Gasteiger partial charge is 0.370 e. The van der Waals surface area contributed by atoms with Crippen molar-refractivity contribution in [2.45, 2.75) is 40.0 Å². The Bertz CT molecular complexity index is 228. The summed E-state index contributed by atoms with van der Waals surface area (Å²) in [5, 5.41) is 9.63. The second-order valence-corrected chi connectivity index (χ2v) is 4.10. The summed E-state index contributed by atoms with van der Waals surface area (Å²) >= 11 is 0. The quantitative estimate of drug-likeness (QED) is 0.705.